The lowest BCUT2D eigenvalue weighted by Crippen LogP contribution is -2.08. The van der Waals surface area contributed by atoms with Gasteiger partial charge in [-0.05, 0) is 41.3 Å². The molecule has 0 aliphatic heterocycles. The van der Waals surface area contributed by atoms with Gasteiger partial charge in [0, 0.05) is 12.6 Å². The van der Waals surface area contributed by atoms with Crippen LogP contribution in [-0.4, -0.2) is 33.8 Å². The first-order chi connectivity index (χ1) is 15.2. The average Bonchev–Trinajstić information content (AvgIpc) is 3.57. The van der Waals surface area contributed by atoms with E-state index in [9.17, 15) is 0 Å². The maximum absolute atomic E-state index is 5.47. The van der Waals surface area contributed by atoms with Gasteiger partial charge in [-0.15, -0.1) is 16.4 Å². The van der Waals surface area contributed by atoms with E-state index in [0.29, 0.717) is 41.2 Å². The number of benzene rings is 1. The molecule has 4 aromatic heterocycles. The molecule has 0 saturated heterocycles. The molecule has 1 aromatic carbocycles. The maximum Gasteiger partial charge on any atom is 0.226 e. The fourth-order valence-corrected chi connectivity index (χ4v) is 3.92. The molecule has 8 nitrogen and oxygen atoms in total. The topological polar surface area (TPSA) is 86.7 Å². The third-order valence-corrected chi connectivity index (χ3v) is 5.63. The molecular formula is C22H19N5O3S. The van der Waals surface area contributed by atoms with E-state index in [4.69, 9.17) is 18.9 Å². The first kappa shape index (κ1) is 19.1. The van der Waals surface area contributed by atoms with E-state index in [-0.39, 0.29) is 0 Å². The lowest BCUT2D eigenvalue weighted by Gasteiger charge is -2.11. The molecule has 0 radical (unpaired) electrons. The Morgan fingerprint density at radius 2 is 1.94 bits per heavy atom. The first-order valence-electron chi connectivity index (χ1n) is 9.55. The highest BCUT2D eigenvalue weighted by Crippen LogP contribution is 2.29. The molecule has 4 heterocycles. The minimum Gasteiger partial charge on any atom is -0.493 e. The summed E-state index contributed by atoms with van der Waals surface area (Å²) in [5, 5.41) is 10.0. The number of nitrogens with zero attached hydrogens (tertiary/aromatic N) is 4. The third-order valence-electron chi connectivity index (χ3n) is 4.74. The van der Waals surface area contributed by atoms with Gasteiger partial charge < -0.3 is 19.2 Å². The number of aromatic nitrogens is 4. The predicted molar refractivity (Wildman–Crippen MR) is 119 cm³/mol. The molecule has 0 spiro atoms. The summed E-state index contributed by atoms with van der Waals surface area (Å²) in [5.74, 6) is 3.05. The second kappa shape index (κ2) is 8.11. The van der Waals surface area contributed by atoms with E-state index >= 15 is 0 Å². The van der Waals surface area contributed by atoms with Crippen LogP contribution in [0, 0.1) is 0 Å². The van der Waals surface area contributed by atoms with Gasteiger partial charge in [-0.25, -0.2) is 9.97 Å². The van der Waals surface area contributed by atoms with E-state index in [1.165, 1.54) is 0 Å². The first-order valence-corrected chi connectivity index (χ1v) is 10.4. The molecule has 0 amide bonds. The van der Waals surface area contributed by atoms with Crippen molar-refractivity contribution in [2.75, 3.05) is 19.5 Å². The third kappa shape index (κ3) is 3.71. The Bertz CT molecular complexity index is 1310. The van der Waals surface area contributed by atoms with Crippen LogP contribution in [0.15, 0.2) is 64.6 Å². The van der Waals surface area contributed by atoms with Gasteiger partial charge in [-0.3, -0.25) is 0 Å². The number of rotatable bonds is 7. The summed E-state index contributed by atoms with van der Waals surface area (Å²) >= 11 is 1.62. The van der Waals surface area contributed by atoms with Crippen LogP contribution in [0.2, 0.25) is 0 Å². The second-order valence-electron chi connectivity index (χ2n) is 6.67. The molecule has 0 atom stereocenters. The van der Waals surface area contributed by atoms with Gasteiger partial charge in [0.25, 0.3) is 0 Å². The van der Waals surface area contributed by atoms with Crippen molar-refractivity contribution in [3.05, 3.63) is 65.7 Å². The van der Waals surface area contributed by atoms with E-state index in [0.717, 1.165) is 16.1 Å². The highest BCUT2D eigenvalue weighted by atomic mass is 32.1. The summed E-state index contributed by atoms with van der Waals surface area (Å²) in [6, 6.07) is 15.4. The zero-order valence-electron chi connectivity index (χ0n) is 16.9. The van der Waals surface area contributed by atoms with Crippen molar-refractivity contribution in [1.29, 1.82) is 0 Å². The zero-order chi connectivity index (χ0) is 21.2. The van der Waals surface area contributed by atoms with Gasteiger partial charge in [0.05, 0.1) is 31.1 Å². The highest BCUT2D eigenvalue weighted by Gasteiger charge is 2.15. The van der Waals surface area contributed by atoms with Crippen LogP contribution < -0.4 is 14.8 Å². The Hall–Kier alpha value is -3.85. The van der Waals surface area contributed by atoms with E-state index in [2.05, 4.69) is 15.4 Å². The number of ether oxygens (including phenoxy) is 2. The molecule has 0 fully saturated rings. The smallest absolute Gasteiger partial charge is 0.226 e. The number of hydrogen-bond acceptors (Lipinski definition) is 8. The molecule has 1 N–H and O–H groups in total. The summed E-state index contributed by atoms with van der Waals surface area (Å²) in [6.45, 7) is 0.520. The van der Waals surface area contributed by atoms with Crippen molar-refractivity contribution in [2.45, 2.75) is 6.54 Å². The number of fused-ring (bicyclic) bond motifs is 1. The van der Waals surface area contributed by atoms with Gasteiger partial charge in [-0.1, -0.05) is 12.1 Å². The number of thiophene rings is 1. The molecule has 0 aliphatic carbocycles. The van der Waals surface area contributed by atoms with Crippen LogP contribution in [0.3, 0.4) is 0 Å². The Morgan fingerprint density at radius 1 is 1.03 bits per heavy atom. The van der Waals surface area contributed by atoms with Gasteiger partial charge in [-0.2, -0.15) is 4.52 Å². The van der Waals surface area contributed by atoms with Crippen molar-refractivity contribution in [1.82, 2.24) is 19.6 Å². The van der Waals surface area contributed by atoms with Crippen molar-refractivity contribution in [3.63, 3.8) is 0 Å². The Balaban J connectivity index is 1.53. The maximum atomic E-state index is 5.47. The second-order valence-corrected chi connectivity index (χ2v) is 7.62. The molecule has 0 bridgehead atoms. The largest absolute Gasteiger partial charge is 0.493 e. The van der Waals surface area contributed by atoms with Gasteiger partial charge in [0.1, 0.15) is 0 Å². The van der Waals surface area contributed by atoms with Gasteiger partial charge in [0.2, 0.25) is 11.8 Å². The van der Waals surface area contributed by atoms with Crippen LogP contribution in [0.25, 0.3) is 27.8 Å². The molecule has 9 heteroatoms. The Kier molecular flexibility index (Phi) is 5.01. The molecule has 0 unspecified atom stereocenters. The number of methoxy groups -OCH3 is 2. The Labute approximate surface area is 182 Å². The molecule has 156 valence electrons. The summed E-state index contributed by atoms with van der Waals surface area (Å²) in [5.41, 5.74) is 2.52. The standard InChI is InChI=1S/C22H19N5O3S/c1-28-16-8-7-14(11-18(16)29-2)13-23-22-24-15(19-6-4-10-31-19)12-20-25-21(26-27(20)22)17-5-3-9-30-17/h3-12H,13H2,1-2H3,(H,23,24). The van der Waals surface area contributed by atoms with Crippen molar-refractivity contribution < 1.29 is 13.9 Å². The lowest BCUT2D eigenvalue weighted by atomic mass is 10.2. The van der Waals surface area contributed by atoms with Gasteiger partial charge in [0.15, 0.2) is 22.9 Å². The highest BCUT2D eigenvalue weighted by molar-refractivity contribution is 7.13. The van der Waals surface area contributed by atoms with Crippen molar-refractivity contribution in [2.24, 2.45) is 0 Å². The van der Waals surface area contributed by atoms with Crippen LogP contribution in [0.5, 0.6) is 11.5 Å². The number of anilines is 1. The summed E-state index contributed by atoms with van der Waals surface area (Å²) < 4.78 is 17.9. The van der Waals surface area contributed by atoms with Crippen molar-refractivity contribution >= 4 is 22.9 Å². The molecule has 5 rings (SSSR count). The van der Waals surface area contributed by atoms with Crippen LogP contribution in [-0.2, 0) is 6.54 Å². The van der Waals surface area contributed by atoms with Crippen LogP contribution in [0.1, 0.15) is 5.56 Å². The van der Waals surface area contributed by atoms with Gasteiger partial charge >= 0.3 is 0 Å². The van der Waals surface area contributed by atoms with Crippen LogP contribution in [0.4, 0.5) is 5.95 Å². The minimum atomic E-state index is 0.504. The number of nitrogens with one attached hydrogen (secondary N) is 1. The molecule has 0 aliphatic rings. The quantitative estimate of drug-likeness (QED) is 0.397. The predicted octanol–water partition coefficient (Wildman–Crippen LogP) is 4.74. The number of hydrogen-bond donors (Lipinski definition) is 1. The van der Waals surface area contributed by atoms with Crippen LogP contribution >= 0.6 is 11.3 Å². The monoisotopic (exact) mass is 433 g/mol. The zero-order valence-corrected chi connectivity index (χ0v) is 17.7. The SMILES string of the molecule is COc1ccc(CNc2nc(-c3cccs3)cc3nc(-c4ccco4)nn23)cc1OC. The number of furan rings is 1. The minimum absolute atomic E-state index is 0.504. The van der Waals surface area contributed by atoms with E-state index in [1.807, 2.05) is 53.9 Å². The molecule has 31 heavy (non-hydrogen) atoms. The average molecular weight is 433 g/mol. The fraction of sp³-hybridized carbons (Fsp3) is 0.136. The summed E-state index contributed by atoms with van der Waals surface area (Å²) in [4.78, 5) is 10.5. The fourth-order valence-electron chi connectivity index (χ4n) is 3.24. The van der Waals surface area contributed by atoms with Crippen molar-refractivity contribution in [3.8, 4) is 33.7 Å². The Morgan fingerprint density at radius 3 is 2.68 bits per heavy atom. The lowest BCUT2D eigenvalue weighted by molar-refractivity contribution is 0.354. The normalized spacial score (nSPS) is 11.0. The molecule has 5 aromatic rings. The van der Waals surface area contributed by atoms with E-state index in [1.54, 1.807) is 36.3 Å². The van der Waals surface area contributed by atoms with E-state index < -0.39 is 0 Å². The summed E-state index contributed by atoms with van der Waals surface area (Å²) in [7, 11) is 3.24. The molecule has 0 saturated carbocycles. The molecular weight excluding hydrogens is 414 g/mol. The summed E-state index contributed by atoms with van der Waals surface area (Å²) in [6.07, 6.45) is 1.60.